The number of aromatic nitrogens is 1. The van der Waals surface area contributed by atoms with E-state index in [1.807, 2.05) is 18.2 Å². The molecule has 1 heterocycles. The lowest BCUT2D eigenvalue weighted by Crippen LogP contribution is -2.20. The van der Waals surface area contributed by atoms with Crippen LogP contribution in [0.4, 0.5) is 11.4 Å². The largest absolute Gasteiger partial charge is 0.484 e. The van der Waals surface area contributed by atoms with E-state index in [0.29, 0.717) is 39.4 Å². The number of nitro groups is 1. The number of rotatable bonds is 7. The van der Waals surface area contributed by atoms with Gasteiger partial charge in [0.2, 0.25) is 5.89 Å². The number of benzene rings is 3. The van der Waals surface area contributed by atoms with Gasteiger partial charge in [0.1, 0.15) is 11.3 Å². The number of carbonyl (C=O) groups is 1. The summed E-state index contributed by atoms with van der Waals surface area (Å²) in [6.45, 7) is 3.93. The topological polar surface area (TPSA) is 108 Å². The van der Waals surface area contributed by atoms with Gasteiger partial charge in [-0.2, -0.15) is 0 Å². The zero-order chi connectivity index (χ0) is 23.5. The number of amides is 1. The number of nitrogens with one attached hydrogen (secondary N) is 1. The number of carbonyl (C=O) groups excluding carboxylic acids is 1. The van der Waals surface area contributed by atoms with Crippen LogP contribution in [0.2, 0.25) is 5.02 Å². The molecule has 33 heavy (non-hydrogen) atoms. The van der Waals surface area contributed by atoms with Crippen LogP contribution in [-0.4, -0.2) is 22.4 Å². The van der Waals surface area contributed by atoms with Gasteiger partial charge in [0.25, 0.3) is 11.6 Å². The van der Waals surface area contributed by atoms with Gasteiger partial charge < -0.3 is 14.5 Å². The molecule has 8 nitrogen and oxygen atoms in total. The molecule has 4 rings (SSSR count). The zero-order valence-corrected chi connectivity index (χ0v) is 18.6. The molecule has 1 N–H and O–H groups in total. The summed E-state index contributed by atoms with van der Waals surface area (Å²) in [6, 6.07) is 16.5. The second kappa shape index (κ2) is 9.30. The Morgan fingerprint density at radius 3 is 2.61 bits per heavy atom. The van der Waals surface area contributed by atoms with Gasteiger partial charge in [-0.05, 0) is 53.9 Å². The molecule has 0 aliphatic heterocycles. The molecule has 0 unspecified atom stereocenters. The highest BCUT2D eigenvalue weighted by atomic mass is 35.5. The van der Waals surface area contributed by atoms with Gasteiger partial charge in [0.15, 0.2) is 12.2 Å². The molecule has 9 heteroatoms. The molecule has 0 aliphatic carbocycles. The Hall–Kier alpha value is -3.91. The predicted octanol–water partition coefficient (Wildman–Crippen LogP) is 6.20. The minimum absolute atomic E-state index is 0.0602. The van der Waals surface area contributed by atoms with Crippen LogP contribution < -0.4 is 10.1 Å². The quantitative estimate of drug-likeness (QED) is 0.257. The molecule has 1 aromatic heterocycles. The summed E-state index contributed by atoms with van der Waals surface area (Å²) < 4.78 is 11.3. The summed E-state index contributed by atoms with van der Waals surface area (Å²) in [6.07, 6.45) is 0. The van der Waals surface area contributed by atoms with E-state index in [2.05, 4.69) is 24.1 Å². The first-order valence-electron chi connectivity index (χ1n) is 10.2. The smallest absolute Gasteiger partial charge is 0.269 e. The van der Waals surface area contributed by atoms with Gasteiger partial charge >= 0.3 is 0 Å². The summed E-state index contributed by atoms with van der Waals surface area (Å²) in [4.78, 5) is 27.1. The third-order valence-electron chi connectivity index (χ3n) is 4.98. The van der Waals surface area contributed by atoms with Crippen molar-refractivity contribution in [3.8, 4) is 17.2 Å². The van der Waals surface area contributed by atoms with Crippen LogP contribution in [0.5, 0.6) is 5.75 Å². The minimum atomic E-state index is -0.508. The Bertz CT molecular complexity index is 1330. The molecule has 168 valence electrons. The maximum absolute atomic E-state index is 12.4. The van der Waals surface area contributed by atoms with Crippen molar-refractivity contribution in [1.29, 1.82) is 0 Å². The second-order valence-corrected chi connectivity index (χ2v) is 8.09. The SMILES string of the molecule is CC(C)c1ccc2oc(-c3ccc(Cl)c(NC(=O)COc4ccc([N+](=O)[O-])cc4)c3)nc2c1. The van der Waals surface area contributed by atoms with Gasteiger partial charge in [-0.3, -0.25) is 14.9 Å². The molecule has 4 aromatic rings. The molecule has 0 saturated carbocycles. The molecule has 0 radical (unpaired) electrons. The number of fused-ring (bicyclic) bond motifs is 1. The number of anilines is 1. The fourth-order valence-electron chi connectivity index (χ4n) is 3.18. The average Bonchev–Trinajstić information content (AvgIpc) is 3.23. The Balaban J connectivity index is 1.47. The molecule has 0 fully saturated rings. The highest BCUT2D eigenvalue weighted by Crippen LogP contribution is 2.31. The number of non-ortho nitro benzene ring substituents is 1. The van der Waals surface area contributed by atoms with Gasteiger partial charge in [-0.1, -0.05) is 31.5 Å². The van der Waals surface area contributed by atoms with E-state index in [1.54, 1.807) is 18.2 Å². The van der Waals surface area contributed by atoms with E-state index in [-0.39, 0.29) is 12.3 Å². The standard InChI is InChI=1S/C24H20ClN3O5/c1-14(2)15-4-10-22-21(11-15)27-24(33-22)16-3-9-19(25)20(12-16)26-23(29)13-32-18-7-5-17(6-8-18)28(30)31/h3-12,14H,13H2,1-2H3,(H,26,29). The lowest BCUT2D eigenvalue weighted by atomic mass is 10.0. The Morgan fingerprint density at radius 2 is 1.91 bits per heavy atom. The fourth-order valence-corrected chi connectivity index (χ4v) is 3.35. The summed E-state index contributed by atoms with van der Waals surface area (Å²) in [5.74, 6) is 0.690. The van der Waals surface area contributed by atoms with E-state index in [4.69, 9.17) is 20.8 Å². The number of hydrogen-bond donors (Lipinski definition) is 1. The highest BCUT2D eigenvalue weighted by Gasteiger charge is 2.14. The number of hydrogen-bond acceptors (Lipinski definition) is 6. The van der Waals surface area contributed by atoms with Crippen LogP contribution in [0.1, 0.15) is 25.3 Å². The highest BCUT2D eigenvalue weighted by molar-refractivity contribution is 6.33. The maximum atomic E-state index is 12.4. The fraction of sp³-hybridized carbons (Fsp3) is 0.167. The molecule has 0 aliphatic rings. The molecular weight excluding hydrogens is 446 g/mol. The first kappa shape index (κ1) is 22.3. The van der Waals surface area contributed by atoms with Gasteiger partial charge in [0.05, 0.1) is 15.6 Å². The van der Waals surface area contributed by atoms with Crippen molar-refractivity contribution < 1.29 is 18.9 Å². The van der Waals surface area contributed by atoms with Crippen LogP contribution >= 0.6 is 11.6 Å². The predicted molar refractivity (Wildman–Crippen MR) is 126 cm³/mol. The first-order chi connectivity index (χ1) is 15.8. The lowest BCUT2D eigenvalue weighted by molar-refractivity contribution is -0.384. The third kappa shape index (κ3) is 5.12. The van der Waals surface area contributed by atoms with Crippen LogP contribution in [0, 0.1) is 10.1 Å². The van der Waals surface area contributed by atoms with Crippen molar-refractivity contribution in [2.24, 2.45) is 0 Å². The van der Waals surface area contributed by atoms with Crippen molar-refractivity contribution in [2.45, 2.75) is 19.8 Å². The summed E-state index contributed by atoms with van der Waals surface area (Å²) in [5, 5.41) is 13.8. The Morgan fingerprint density at radius 1 is 1.15 bits per heavy atom. The molecular formula is C24H20ClN3O5. The van der Waals surface area contributed by atoms with E-state index < -0.39 is 10.8 Å². The van der Waals surface area contributed by atoms with Crippen LogP contribution in [0.3, 0.4) is 0 Å². The summed E-state index contributed by atoms with van der Waals surface area (Å²) >= 11 is 6.26. The Kier molecular flexibility index (Phi) is 6.28. The number of halogens is 1. The molecule has 0 spiro atoms. The summed E-state index contributed by atoms with van der Waals surface area (Å²) in [5.41, 5.74) is 3.58. The van der Waals surface area contributed by atoms with E-state index >= 15 is 0 Å². The molecule has 0 saturated heterocycles. The van der Waals surface area contributed by atoms with Crippen molar-refractivity contribution >= 4 is 40.0 Å². The second-order valence-electron chi connectivity index (χ2n) is 7.68. The number of ether oxygens (including phenoxy) is 1. The van der Waals surface area contributed by atoms with Crippen LogP contribution in [-0.2, 0) is 4.79 Å². The van der Waals surface area contributed by atoms with Gasteiger partial charge in [0, 0.05) is 17.7 Å². The molecule has 0 bridgehead atoms. The number of oxazole rings is 1. The van der Waals surface area contributed by atoms with Crippen molar-refractivity contribution in [3.63, 3.8) is 0 Å². The van der Waals surface area contributed by atoms with Crippen LogP contribution in [0.15, 0.2) is 65.1 Å². The van der Waals surface area contributed by atoms with E-state index in [1.165, 1.54) is 29.8 Å². The third-order valence-corrected chi connectivity index (χ3v) is 5.31. The first-order valence-corrected chi connectivity index (χ1v) is 10.6. The average molecular weight is 466 g/mol. The Labute approximate surface area is 194 Å². The molecule has 1 amide bonds. The number of nitrogens with zero attached hydrogens (tertiary/aromatic N) is 2. The molecule has 3 aromatic carbocycles. The van der Waals surface area contributed by atoms with Crippen molar-refractivity contribution in [1.82, 2.24) is 4.98 Å². The van der Waals surface area contributed by atoms with E-state index in [9.17, 15) is 14.9 Å². The van der Waals surface area contributed by atoms with Gasteiger partial charge in [-0.15, -0.1) is 0 Å². The van der Waals surface area contributed by atoms with Crippen LogP contribution in [0.25, 0.3) is 22.6 Å². The number of nitro benzene ring substituents is 1. The zero-order valence-electron chi connectivity index (χ0n) is 17.9. The van der Waals surface area contributed by atoms with Crippen molar-refractivity contribution in [3.05, 3.63) is 81.4 Å². The summed E-state index contributed by atoms with van der Waals surface area (Å²) in [7, 11) is 0. The molecule has 0 atom stereocenters. The normalized spacial score (nSPS) is 11.0. The lowest BCUT2D eigenvalue weighted by Gasteiger charge is -2.09. The van der Waals surface area contributed by atoms with Gasteiger partial charge in [-0.25, -0.2) is 4.98 Å². The van der Waals surface area contributed by atoms with E-state index in [0.717, 1.165) is 5.52 Å². The minimum Gasteiger partial charge on any atom is -0.484 e. The van der Waals surface area contributed by atoms with Crippen molar-refractivity contribution in [2.75, 3.05) is 11.9 Å². The monoisotopic (exact) mass is 465 g/mol. The maximum Gasteiger partial charge on any atom is 0.269 e.